The highest BCUT2D eigenvalue weighted by Crippen LogP contribution is 2.15. The Kier molecular flexibility index (Phi) is 6.16. The van der Waals surface area contributed by atoms with Crippen LogP contribution in [0.3, 0.4) is 0 Å². The van der Waals surface area contributed by atoms with Gasteiger partial charge in [-0.25, -0.2) is 0 Å². The predicted molar refractivity (Wildman–Crippen MR) is 60.3 cm³/mol. The van der Waals surface area contributed by atoms with Crippen LogP contribution in [0.2, 0.25) is 0 Å². The van der Waals surface area contributed by atoms with E-state index in [2.05, 4.69) is 11.4 Å². The van der Waals surface area contributed by atoms with Gasteiger partial charge >= 0.3 is 0 Å². The van der Waals surface area contributed by atoms with Gasteiger partial charge < -0.3 is 10.2 Å². The monoisotopic (exact) mass is 225 g/mol. The molecule has 1 aliphatic rings. The second-order valence-corrected chi connectivity index (χ2v) is 3.49. The largest absolute Gasteiger partial charge is 0.345 e. The number of rotatable bonds is 2. The highest BCUT2D eigenvalue weighted by Gasteiger charge is 2.32. The Morgan fingerprint density at radius 1 is 1.44 bits per heavy atom. The van der Waals surface area contributed by atoms with E-state index in [1.807, 2.05) is 13.8 Å². The number of amides is 2. The van der Waals surface area contributed by atoms with E-state index in [0.29, 0.717) is 13.1 Å². The first kappa shape index (κ1) is 14.4. The molecule has 90 valence electrons. The van der Waals surface area contributed by atoms with Crippen LogP contribution in [0.5, 0.6) is 0 Å². The highest BCUT2D eigenvalue weighted by atomic mass is 16.2. The number of likely N-dealkylation sites (tertiary alicyclic amines) is 1. The Hall–Kier alpha value is -1.57. The lowest BCUT2D eigenvalue weighted by molar-refractivity contribution is -0.140. The third kappa shape index (κ3) is 3.89. The first-order valence-corrected chi connectivity index (χ1v) is 5.50. The molecule has 0 aromatic heterocycles. The Bertz CT molecular complexity index is 290. The van der Waals surface area contributed by atoms with E-state index in [4.69, 9.17) is 5.26 Å². The number of carbonyl (C=O) groups excluding carboxylic acids is 2. The van der Waals surface area contributed by atoms with Crippen LogP contribution < -0.4 is 5.32 Å². The molecule has 0 spiro atoms. The van der Waals surface area contributed by atoms with E-state index < -0.39 is 6.04 Å². The standard InChI is InChI=1S/C9H13N3O2.C2H6/c1-6(11-7(2)13)9(14)12-4-8(3-10)5-12;1-2/h6,8H,4-5H2,1-2H3,(H,11,13);1-2H3. The summed E-state index contributed by atoms with van der Waals surface area (Å²) in [5.41, 5.74) is 0. The maximum Gasteiger partial charge on any atom is 0.244 e. The summed E-state index contributed by atoms with van der Waals surface area (Å²) in [6.45, 7) is 7.99. The van der Waals surface area contributed by atoms with Gasteiger partial charge in [0.2, 0.25) is 11.8 Å². The fraction of sp³-hybridized carbons (Fsp3) is 0.727. The minimum absolute atomic E-state index is 0.0384. The molecule has 5 heteroatoms. The summed E-state index contributed by atoms with van der Waals surface area (Å²) in [6.07, 6.45) is 0. The molecule has 1 N–H and O–H groups in total. The zero-order valence-electron chi connectivity index (χ0n) is 10.3. The fourth-order valence-electron chi connectivity index (χ4n) is 1.38. The van der Waals surface area contributed by atoms with Crippen LogP contribution >= 0.6 is 0 Å². The molecule has 16 heavy (non-hydrogen) atoms. The molecule has 1 aliphatic heterocycles. The molecule has 0 bridgehead atoms. The number of nitrogens with one attached hydrogen (secondary N) is 1. The average molecular weight is 225 g/mol. The van der Waals surface area contributed by atoms with Crippen LogP contribution in [0, 0.1) is 17.2 Å². The number of carbonyl (C=O) groups is 2. The van der Waals surface area contributed by atoms with Gasteiger partial charge in [-0.1, -0.05) is 13.8 Å². The summed E-state index contributed by atoms with van der Waals surface area (Å²) in [7, 11) is 0. The van der Waals surface area contributed by atoms with Crippen LogP contribution in [-0.2, 0) is 9.59 Å². The van der Waals surface area contributed by atoms with E-state index in [1.54, 1.807) is 11.8 Å². The van der Waals surface area contributed by atoms with Crippen molar-refractivity contribution >= 4 is 11.8 Å². The third-order valence-electron chi connectivity index (χ3n) is 2.17. The van der Waals surface area contributed by atoms with Gasteiger partial charge in [0.15, 0.2) is 0 Å². The second kappa shape index (κ2) is 6.83. The number of hydrogen-bond donors (Lipinski definition) is 1. The second-order valence-electron chi connectivity index (χ2n) is 3.49. The summed E-state index contributed by atoms with van der Waals surface area (Å²) < 4.78 is 0. The van der Waals surface area contributed by atoms with E-state index >= 15 is 0 Å². The molecule has 0 saturated carbocycles. The zero-order valence-corrected chi connectivity index (χ0v) is 10.3. The molecule has 0 aromatic rings. The lowest BCUT2D eigenvalue weighted by Gasteiger charge is -2.36. The number of nitrogens with zero attached hydrogens (tertiary/aromatic N) is 2. The van der Waals surface area contributed by atoms with Crippen molar-refractivity contribution in [3.8, 4) is 6.07 Å². The van der Waals surface area contributed by atoms with Gasteiger partial charge in [-0.15, -0.1) is 0 Å². The number of hydrogen-bond acceptors (Lipinski definition) is 3. The Morgan fingerprint density at radius 3 is 2.31 bits per heavy atom. The van der Waals surface area contributed by atoms with E-state index in [9.17, 15) is 9.59 Å². The minimum atomic E-state index is -0.493. The van der Waals surface area contributed by atoms with Crippen molar-refractivity contribution in [3.63, 3.8) is 0 Å². The van der Waals surface area contributed by atoms with Crippen LogP contribution in [-0.4, -0.2) is 35.8 Å². The van der Waals surface area contributed by atoms with Gasteiger partial charge in [0.1, 0.15) is 6.04 Å². The molecule has 1 fully saturated rings. The summed E-state index contributed by atoms with van der Waals surface area (Å²) in [5.74, 6) is -0.376. The SMILES string of the molecule is CC.CC(=O)NC(C)C(=O)N1CC(C#N)C1. The normalized spacial score (nSPS) is 16.1. The van der Waals surface area contributed by atoms with Crippen LogP contribution in [0.25, 0.3) is 0 Å². The van der Waals surface area contributed by atoms with Crippen molar-refractivity contribution in [2.24, 2.45) is 5.92 Å². The smallest absolute Gasteiger partial charge is 0.244 e. The Labute approximate surface area is 96.4 Å². The maximum atomic E-state index is 11.5. The van der Waals surface area contributed by atoms with Crippen molar-refractivity contribution in [3.05, 3.63) is 0 Å². The van der Waals surface area contributed by atoms with Crippen LogP contribution in [0.1, 0.15) is 27.7 Å². The molecule has 1 heterocycles. The highest BCUT2D eigenvalue weighted by molar-refractivity contribution is 5.87. The van der Waals surface area contributed by atoms with Gasteiger partial charge in [-0.2, -0.15) is 5.26 Å². The topological polar surface area (TPSA) is 73.2 Å². The van der Waals surface area contributed by atoms with Gasteiger partial charge in [-0.05, 0) is 6.92 Å². The first-order chi connectivity index (χ1) is 7.54. The molecule has 1 rings (SSSR count). The molecule has 0 radical (unpaired) electrons. The maximum absolute atomic E-state index is 11.5. The van der Waals surface area contributed by atoms with Crippen molar-refractivity contribution in [2.45, 2.75) is 33.7 Å². The minimum Gasteiger partial charge on any atom is -0.345 e. The predicted octanol–water partition coefficient (Wildman–Crippen LogP) is 0.519. The van der Waals surface area contributed by atoms with E-state index in [-0.39, 0.29) is 17.7 Å². The Morgan fingerprint density at radius 2 is 1.94 bits per heavy atom. The molecule has 1 atom stereocenters. The molecular formula is C11H19N3O2. The van der Waals surface area contributed by atoms with Crippen LogP contribution in [0.15, 0.2) is 0 Å². The summed E-state index contributed by atoms with van der Waals surface area (Å²) in [6, 6.07) is 1.59. The molecular weight excluding hydrogens is 206 g/mol. The molecule has 5 nitrogen and oxygen atoms in total. The summed E-state index contributed by atoms with van der Waals surface area (Å²) >= 11 is 0. The quantitative estimate of drug-likeness (QED) is 0.744. The van der Waals surface area contributed by atoms with Crippen molar-refractivity contribution in [1.29, 1.82) is 5.26 Å². The average Bonchev–Trinajstić information content (AvgIpc) is 2.18. The molecule has 0 aliphatic carbocycles. The lowest BCUT2D eigenvalue weighted by atomic mass is 10.0. The zero-order chi connectivity index (χ0) is 12.7. The molecule has 1 unspecified atom stereocenters. The van der Waals surface area contributed by atoms with Crippen molar-refractivity contribution in [2.75, 3.05) is 13.1 Å². The van der Waals surface area contributed by atoms with Crippen molar-refractivity contribution < 1.29 is 9.59 Å². The molecule has 1 saturated heterocycles. The fourth-order valence-corrected chi connectivity index (χ4v) is 1.38. The van der Waals surface area contributed by atoms with Crippen LogP contribution in [0.4, 0.5) is 0 Å². The summed E-state index contributed by atoms with van der Waals surface area (Å²) in [5, 5.41) is 11.0. The molecule has 2 amide bonds. The van der Waals surface area contributed by atoms with Gasteiger partial charge in [0.25, 0.3) is 0 Å². The first-order valence-electron chi connectivity index (χ1n) is 5.50. The number of nitriles is 1. The lowest BCUT2D eigenvalue weighted by Crippen LogP contribution is -2.55. The summed E-state index contributed by atoms with van der Waals surface area (Å²) in [4.78, 5) is 23.8. The van der Waals surface area contributed by atoms with E-state index in [1.165, 1.54) is 6.92 Å². The Balaban J connectivity index is 0.00000106. The van der Waals surface area contributed by atoms with Crippen molar-refractivity contribution in [1.82, 2.24) is 10.2 Å². The van der Waals surface area contributed by atoms with Gasteiger partial charge in [0.05, 0.1) is 12.0 Å². The van der Waals surface area contributed by atoms with Gasteiger partial charge in [0, 0.05) is 20.0 Å². The van der Waals surface area contributed by atoms with Gasteiger partial charge in [-0.3, -0.25) is 9.59 Å². The molecule has 0 aromatic carbocycles. The third-order valence-corrected chi connectivity index (χ3v) is 2.17. The van der Waals surface area contributed by atoms with E-state index in [0.717, 1.165) is 0 Å².